The van der Waals surface area contributed by atoms with Crippen molar-refractivity contribution in [2.75, 3.05) is 11.8 Å². The SMILES string of the molecule is O=c1c(Cl)c(Cl)cnn1C1CCC(N(c2ccc(OCF)cc2)C2CC2)CC1. The second-order valence-corrected chi connectivity index (χ2v) is 8.19. The molecule has 4 rings (SSSR count). The minimum atomic E-state index is -0.822. The van der Waals surface area contributed by atoms with Crippen LogP contribution in [0.15, 0.2) is 35.3 Å². The highest BCUT2D eigenvalue weighted by atomic mass is 35.5. The predicted molar refractivity (Wildman–Crippen MR) is 108 cm³/mol. The Balaban J connectivity index is 1.47. The molecule has 2 fully saturated rings. The van der Waals surface area contributed by atoms with Crippen LogP contribution in [0.2, 0.25) is 10.0 Å². The highest BCUT2D eigenvalue weighted by molar-refractivity contribution is 6.41. The van der Waals surface area contributed by atoms with Crippen molar-refractivity contribution in [1.29, 1.82) is 0 Å². The molecule has 0 spiro atoms. The Morgan fingerprint density at radius 2 is 1.68 bits per heavy atom. The van der Waals surface area contributed by atoms with Gasteiger partial charge in [-0.2, -0.15) is 5.10 Å². The third-order valence-electron chi connectivity index (χ3n) is 5.60. The van der Waals surface area contributed by atoms with E-state index in [9.17, 15) is 9.18 Å². The smallest absolute Gasteiger partial charge is 0.287 e. The fourth-order valence-electron chi connectivity index (χ4n) is 4.12. The molecule has 150 valence electrons. The second-order valence-electron chi connectivity index (χ2n) is 7.40. The molecule has 1 heterocycles. The molecule has 0 aliphatic heterocycles. The minimum absolute atomic E-state index is 0.0361. The van der Waals surface area contributed by atoms with Gasteiger partial charge in [0.05, 0.1) is 17.3 Å². The Labute approximate surface area is 173 Å². The first-order chi connectivity index (χ1) is 13.6. The number of alkyl halides is 1. The molecular formula is C20H22Cl2FN3O2. The summed E-state index contributed by atoms with van der Waals surface area (Å²) in [6.45, 7) is -0.822. The molecule has 1 aromatic heterocycles. The molecule has 5 nitrogen and oxygen atoms in total. The summed E-state index contributed by atoms with van der Waals surface area (Å²) in [7, 11) is 0. The summed E-state index contributed by atoms with van der Waals surface area (Å²) >= 11 is 11.9. The van der Waals surface area contributed by atoms with E-state index in [2.05, 4.69) is 10.00 Å². The van der Waals surface area contributed by atoms with Crippen molar-refractivity contribution >= 4 is 28.9 Å². The Hall–Kier alpha value is -1.79. The lowest BCUT2D eigenvalue weighted by Crippen LogP contribution is -2.41. The van der Waals surface area contributed by atoms with Gasteiger partial charge in [0.15, 0.2) is 0 Å². The van der Waals surface area contributed by atoms with E-state index >= 15 is 0 Å². The van der Waals surface area contributed by atoms with Gasteiger partial charge in [-0.05, 0) is 62.8 Å². The number of aromatic nitrogens is 2. The summed E-state index contributed by atoms with van der Waals surface area (Å²) in [6, 6.07) is 8.64. The van der Waals surface area contributed by atoms with Crippen molar-refractivity contribution in [2.24, 2.45) is 0 Å². The molecule has 2 aliphatic rings. The first kappa shape index (κ1) is 19.5. The molecular weight excluding hydrogens is 404 g/mol. The lowest BCUT2D eigenvalue weighted by atomic mass is 9.89. The highest BCUT2D eigenvalue weighted by Gasteiger charge is 2.36. The number of anilines is 1. The van der Waals surface area contributed by atoms with Crippen LogP contribution in [0.3, 0.4) is 0 Å². The quantitative estimate of drug-likeness (QED) is 0.652. The van der Waals surface area contributed by atoms with Gasteiger partial charge in [0.2, 0.25) is 6.86 Å². The van der Waals surface area contributed by atoms with E-state index in [0.717, 1.165) is 31.4 Å². The van der Waals surface area contributed by atoms with Crippen LogP contribution in [-0.2, 0) is 0 Å². The summed E-state index contributed by atoms with van der Waals surface area (Å²) in [5.41, 5.74) is 0.821. The number of hydrogen-bond donors (Lipinski definition) is 0. The van der Waals surface area contributed by atoms with E-state index in [4.69, 9.17) is 27.9 Å². The molecule has 0 bridgehead atoms. The summed E-state index contributed by atoms with van der Waals surface area (Å²) in [5.74, 6) is 0.538. The molecule has 0 unspecified atom stereocenters. The number of benzene rings is 1. The number of hydrogen-bond acceptors (Lipinski definition) is 4. The van der Waals surface area contributed by atoms with Crippen LogP contribution >= 0.6 is 23.2 Å². The van der Waals surface area contributed by atoms with E-state index in [1.165, 1.54) is 23.7 Å². The molecule has 1 aromatic carbocycles. The molecule has 0 saturated heterocycles. The topological polar surface area (TPSA) is 47.4 Å². The van der Waals surface area contributed by atoms with Crippen LogP contribution in [0.1, 0.15) is 44.6 Å². The zero-order valence-electron chi connectivity index (χ0n) is 15.4. The summed E-state index contributed by atoms with van der Waals surface area (Å²) in [4.78, 5) is 14.9. The average molecular weight is 426 g/mol. The number of halogens is 3. The summed E-state index contributed by atoms with van der Waals surface area (Å²) in [5, 5.41) is 4.42. The van der Waals surface area contributed by atoms with Crippen LogP contribution in [0.5, 0.6) is 5.75 Å². The van der Waals surface area contributed by atoms with Gasteiger partial charge in [0.1, 0.15) is 10.8 Å². The molecule has 0 atom stereocenters. The van der Waals surface area contributed by atoms with Gasteiger partial charge in [-0.1, -0.05) is 23.2 Å². The van der Waals surface area contributed by atoms with Crippen LogP contribution < -0.4 is 15.2 Å². The zero-order chi connectivity index (χ0) is 19.7. The van der Waals surface area contributed by atoms with Gasteiger partial charge in [-0.3, -0.25) is 4.79 Å². The Morgan fingerprint density at radius 1 is 1.07 bits per heavy atom. The first-order valence-corrected chi connectivity index (χ1v) is 10.3. The lowest BCUT2D eigenvalue weighted by Gasteiger charge is -2.39. The van der Waals surface area contributed by atoms with E-state index in [0.29, 0.717) is 17.8 Å². The van der Waals surface area contributed by atoms with Crippen LogP contribution in [0.25, 0.3) is 0 Å². The molecule has 28 heavy (non-hydrogen) atoms. The highest BCUT2D eigenvalue weighted by Crippen LogP contribution is 2.40. The number of nitrogens with zero attached hydrogens (tertiary/aromatic N) is 3. The maximum Gasteiger partial charge on any atom is 0.287 e. The van der Waals surface area contributed by atoms with E-state index in [1.54, 1.807) is 0 Å². The van der Waals surface area contributed by atoms with Gasteiger partial charge >= 0.3 is 0 Å². The maximum atomic E-state index is 12.4. The van der Waals surface area contributed by atoms with E-state index < -0.39 is 6.86 Å². The first-order valence-electron chi connectivity index (χ1n) is 9.58. The molecule has 2 aliphatic carbocycles. The van der Waals surface area contributed by atoms with Crippen molar-refractivity contribution < 1.29 is 9.13 Å². The Kier molecular flexibility index (Phi) is 5.78. The third-order valence-corrected chi connectivity index (χ3v) is 6.35. The van der Waals surface area contributed by atoms with Crippen LogP contribution in [0, 0.1) is 0 Å². The minimum Gasteiger partial charge on any atom is -0.463 e. The normalized spacial score (nSPS) is 22.1. The zero-order valence-corrected chi connectivity index (χ0v) is 16.9. The standard InChI is InChI=1S/C20H22Cl2FN3O2/c21-18-11-24-26(20(27)19(18)22)16-5-3-14(4-6-16)25(13-1-2-13)15-7-9-17(10-8-15)28-12-23/h7-11,13-14,16H,1-6,12H2. The number of ether oxygens (including phenoxy) is 1. The lowest BCUT2D eigenvalue weighted by molar-refractivity contribution is 0.192. The van der Waals surface area contributed by atoms with Crippen molar-refractivity contribution in [3.63, 3.8) is 0 Å². The fraction of sp³-hybridized carbons (Fsp3) is 0.500. The number of rotatable bonds is 6. The average Bonchev–Trinajstić information content (AvgIpc) is 3.54. The predicted octanol–water partition coefficient (Wildman–Crippen LogP) is 5.01. The monoisotopic (exact) mass is 425 g/mol. The molecule has 0 N–H and O–H groups in total. The van der Waals surface area contributed by atoms with Crippen LogP contribution in [-0.4, -0.2) is 28.7 Å². The Bertz CT molecular complexity index is 878. The largest absolute Gasteiger partial charge is 0.463 e. The van der Waals surface area contributed by atoms with Crippen molar-refractivity contribution in [2.45, 2.75) is 56.7 Å². The Morgan fingerprint density at radius 3 is 2.25 bits per heavy atom. The summed E-state index contributed by atoms with van der Waals surface area (Å²) < 4.78 is 18.7. The molecule has 2 saturated carbocycles. The maximum absolute atomic E-state index is 12.4. The van der Waals surface area contributed by atoms with Gasteiger partial charge in [0, 0.05) is 17.8 Å². The van der Waals surface area contributed by atoms with Crippen molar-refractivity contribution in [1.82, 2.24) is 9.78 Å². The van der Waals surface area contributed by atoms with Gasteiger partial charge in [0.25, 0.3) is 5.56 Å². The van der Waals surface area contributed by atoms with E-state index in [1.807, 2.05) is 24.3 Å². The summed E-state index contributed by atoms with van der Waals surface area (Å²) in [6.07, 6.45) is 7.49. The van der Waals surface area contributed by atoms with E-state index in [-0.39, 0.29) is 21.6 Å². The van der Waals surface area contributed by atoms with Gasteiger partial charge < -0.3 is 9.64 Å². The molecule has 0 radical (unpaired) electrons. The third kappa shape index (κ3) is 3.98. The molecule has 2 aromatic rings. The fourth-order valence-corrected chi connectivity index (χ4v) is 4.38. The van der Waals surface area contributed by atoms with Crippen LogP contribution in [0.4, 0.5) is 10.1 Å². The van der Waals surface area contributed by atoms with Crippen molar-refractivity contribution in [3.8, 4) is 5.75 Å². The van der Waals surface area contributed by atoms with Crippen molar-refractivity contribution in [3.05, 3.63) is 50.9 Å². The van der Waals surface area contributed by atoms with Gasteiger partial charge in [-0.15, -0.1) is 0 Å². The molecule has 0 amide bonds. The van der Waals surface area contributed by atoms with Gasteiger partial charge in [-0.25, -0.2) is 9.07 Å². The molecule has 8 heteroatoms. The second kappa shape index (κ2) is 8.29.